The Labute approximate surface area is 185 Å². The topological polar surface area (TPSA) is 62.1 Å². The van der Waals surface area contributed by atoms with Crippen LogP contribution in [0.15, 0.2) is 66.2 Å². The maximum atomic E-state index is 13.5. The summed E-state index contributed by atoms with van der Waals surface area (Å²) in [5, 5.41) is 12.6. The monoisotopic (exact) mass is 434 g/mol. The van der Waals surface area contributed by atoms with Gasteiger partial charge in [0.25, 0.3) is 5.91 Å². The van der Waals surface area contributed by atoms with Gasteiger partial charge in [0.15, 0.2) is 0 Å². The number of rotatable bonds is 6. The largest absolute Gasteiger partial charge is 0.496 e. The number of halogens is 2. The summed E-state index contributed by atoms with van der Waals surface area (Å²) in [6.45, 7) is 1.87. The van der Waals surface area contributed by atoms with Gasteiger partial charge in [0, 0.05) is 22.7 Å². The van der Waals surface area contributed by atoms with E-state index in [1.54, 1.807) is 36.4 Å². The van der Waals surface area contributed by atoms with Crippen LogP contribution in [-0.4, -0.2) is 13.0 Å². The summed E-state index contributed by atoms with van der Waals surface area (Å²) in [4.78, 5) is 12.6. The summed E-state index contributed by atoms with van der Waals surface area (Å²) in [7, 11) is 1.50. The van der Waals surface area contributed by atoms with Crippen molar-refractivity contribution < 1.29 is 13.9 Å². The first-order valence-electron chi connectivity index (χ1n) is 9.51. The Hall–Kier alpha value is -3.62. The Balaban J connectivity index is 1.90. The molecule has 0 spiro atoms. The van der Waals surface area contributed by atoms with Gasteiger partial charge in [-0.25, -0.2) is 4.39 Å². The van der Waals surface area contributed by atoms with Gasteiger partial charge in [-0.05, 0) is 60.0 Å². The molecule has 4 nitrogen and oxygen atoms in total. The van der Waals surface area contributed by atoms with Gasteiger partial charge in [-0.15, -0.1) is 0 Å². The zero-order chi connectivity index (χ0) is 22.4. The molecular formula is C25H20ClFN2O2. The molecule has 0 aromatic heterocycles. The van der Waals surface area contributed by atoms with Gasteiger partial charge in [-0.2, -0.15) is 5.26 Å². The van der Waals surface area contributed by atoms with Crippen molar-refractivity contribution in [1.29, 1.82) is 5.26 Å². The highest BCUT2D eigenvalue weighted by Gasteiger charge is 2.14. The highest BCUT2D eigenvalue weighted by molar-refractivity contribution is 6.31. The van der Waals surface area contributed by atoms with Crippen LogP contribution in [0.25, 0.3) is 6.08 Å². The minimum Gasteiger partial charge on any atom is -0.496 e. The fraction of sp³-hybridized carbons (Fsp3) is 0.120. The van der Waals surface area contributed by atoms with E-state index in [1.807, 2.05) is 25.1 Å². The summed E-state index contributed by atoms with van der Waals surface area (Å²) in [6.07, 6.45) is 1.83. The molecular weight excluding hydrogens is 415 g/mol. The third-order valence-corrected chi connectivity index (χ3v) is 5.07. The molecule has 0 aliphatic carbocycles. The lowest BCUT2D eigenvalue weighted by Crippen LogP contribution is -2.14. The minimum atomic E-state index is -0.518. The number of anilines is 1. The number of carbonyl (C=O) groups excluding carboxylic acids is 1. The molecule has 0 heterocycles. The number of hydrogen-bond acceptors (Lipinski definition) is 3. The Bertz CT molecular complexity index is 1200. The third-order valence-electron chi connectivity index (χ3n) is 4.74. The predicted molar refractivity (Wildman–Crippen MR) is 121 cm³/mol. The number of hydrogen-bond donors (Lipinski definition) is 1. The molecule has 3 aromatic rings. The molecule has 156 valence electrons. The molecule has 0 radical (unpaired) electrons. The molecule has 1 amide bonds. The van der Waals surface area contributed by atoms with Crippen molar-refractivity contribution in [1.82, 2.24) is 0 Å². The molecule has 0 bridgehead atoms. The molecule has 6 heteroatoms. The number of benzene rings is 3. The molecule has 0 unspecified atom stereocenters. The Morgan fingerprint density at radius 2 is 1.97 bits per heavy atom. The second-order valence-corrected chi connectivity index (χ2v) is 7.34. The molecule has 31 heavy (non-hydrogen) atoms. The molecule has 3 rings (SSSR count). The van der Waals surface area contributed by atoms with E-state index in [0.717, 1.165) is 11.1 Å². The lowest BCUT2D eigenvalue weighted by molar-refractivity contribution is -0.112. The average molecular weight is 435 g/mol. The van der Waals surface area contributed by atoms with Crippen molar-refractivity contribution in [3.63, 3.8) is 0 Å². The minimum absolute atomic E-state index is 0.0701. The number of nitrogens with zero attached hydrogens (tertiary/aromatic N) is 1. The summed E-state index contributed by atoms with van der Waals surface area (Å²) in [5.41, 5.74) is 3.43. The van der Waals surface area contributed by atoms with E-state index >= 15 is 0 Å². The smallest absolute Gasteiger partial charge is 0.266 e. The standard InChI is InChI=1S/C25H20ClFN2O2/c1-16-6-3-4-9-23(16)29-25(30)19(15-28)10-18-13-22(26)21(24(14-18)31-2)12-17-7-5-8-20(27)11-17/h3-11,13-14H,12H2,1-2H3,(H,29,30)/b19-10+. The summed E-state index contributed by atoms with van der Waals surface area (Å²) in [6, 6.07) is 18.8. The number of carbonyl (C=O) groups is 1. The fourth-order valence-electron chi connectivity index (χ4n) is 3.14. The van der Waals surface area contributed by atoms with Crippen molar-refractivity contribution in [2.75, 3.05) is 12.4 Å². The van der Waals surface area contributed by atoms with Gasteiger partial charge in [0.2, 0.25) is 0 Å². The molecule has 0 aliphatic rings. The van der Waals surface area contributed by atoms with Crippen molar-refractivity contribution >= 4 is 29.3 Å². The Morgan fingerprint density at radius 1 is 1.19 bits per heavy atom. The molecule has 0 saturated carbocycles. The van der Waals surface area contributed by atoms with E-state index in [2.05, 4.69) is 5.32 Å². The molecule has 0 fully saturated rings. The second kappa shape index (κ2) is 9.92. The van der Waals surface area contributed by atoms with Gasteiger partial charge in [-0.3, -0.25) is 4.79 Å². The number of para-hydroxylation sites is 1. The molecule has 0 atom stereocenters. The van der Waals surface area contributed by atoms with Gasteiger partial charge in [-0.1, -0.05) is 41.9 Å². The van der Waals surface area contributed by atoms with Gasteiger partial charge >= 0.3 is 0 Å². The van der Waals surface area contributed by atoms with Crippen LogP contribution in [0.4, 0.5) is 10.1 Å². The zero-order valence-corrected chi connectivity index (χ0v) is 17.8. The van der Waals surface area contributed by atoms with Crippen LogP contribution in [0.1, 0.15) is 22.3 Å². The van der Waals surface area contributed by atoms with Gasteiger partial charge < -0.3 is 10.1 Å². The number of nitrogens with one attached hydrogen (secondary N) is 1. The van der Waals surface area contributed by atoms with Crippen molar-refractivity contribution in [2.24, 2.45) is 0 Å². The lowest BCUT2D eigenvalue weighted by atomic mass is 10.0. The third kappa shape index (κ3) is 5.50. The van der Waals surface area contributed by atoms with E-state index in [0.29, 0.717) is 34.0 Å². The molecule has 0 aliphatic heterocycles. The fourth-order valence-corrected chi connectivity index (χ4v) is 3.42. The van der Waals surface area contributed by atoms with Crippen molar-refractivity contribution in [3.05, 3.63) is 99.3 Å². The highest BCUT2D eigenvalue weighted by atomic mass is 35.5. The van der Waals surface area contributed by atoms with Crippen LogP contribution in [0.2, 0.25) is 5.02 Å². The van der Waals surface area contributed by atoms with Crippen LogP contribution < -0.4 is 10.1 Å². The van der Waals surface area contributed by atoms with Gasteiger partial charge in [0.1, 0.15) is 23.2 Å². The first kappa shape index (κ1) is 22.1. The number of methoxy groups -OCH3 is 1. The number of ether oxygens (including phenoxy) is 1. The van der Waals surface area contributed by atoms with E-state index in [4.69, 9.17) is 16.3 Å². The Morgan fingerprint density at radius 3 is 2.65 bits per heavy atom. The summed E-state index contributed by atoms with van der Waals surface area (Å²) < 4.78 is 19.0. The number of aryl methyl sites for hydroxylation is 1. The summed E-state index contributed by atoms with van der Waals surface area (Å²) >= 11 is 6.47. The van der Waals surface area contributed by atoms with Crippen LogP contribution in [-0.2, 0) is 11.2 Å². The van der Waals surface area contributed by atoms with Crippen LogP contribution >= 0.6 is 11.6 Å². The van der Waals surface area contributed by atoms with Gasteiger partial charge in [0.05, 0.1) is 7.11 Å². The SMILES string of the molecule is COc1cc(/C=C(\C#N)C(=O)Nc2ccccc2C)cc(Cl)c1Cc1cccc(F)c1. The van der Waals surface area contributed by atoms with E-state index in [-0.39, 0.29) is 11.4 Å². The Kier molecular flexibility index (Phi) is 7.07. The van der Waals surface area contributed by atoms with Crippen LogP contribution in [0.5, 0.6) is 5.75 Å². The summed E-state index contributed by atoms with van der Waals surface area (Å²) in [5.74, 6) is -0.360. The van der Waals surface area contributed by atoms with Crippen molar-refractivity contribution in [2.45, 2.75) is 13.3 Å². The highest BCUT2D eigenvalue weighted by Crippen LogP contribution is 2.32. The maximum Gasteiger partial charge on any atom is 0.266 e. The van der Waals surface area contributed by atoms with Crippen LogP contribution in [0.3, 0.4) is 0 Å². The first-order valence-corrected chi connectivity index (χ1v) is 9.88. The molecule has 1 N–H and O–H groups in total. The molecule has 3 aromatic carbocycles. The normalized spacial score (nSPS) is 11.0. The van der Waals surface area contributed by atoms with E-state index in [9.17, 15) is 14.4 Å². The zero-order valence-electron chi connectivity index (χ0n) is 17.1. The number of nitriles is 1. The lowest BCUT2D eigenvalue weighted by Gasteiger charge is -2.13. The predicted octanol–water partition coefficient (Wildman–Crippen LogP) is 5.93. The molecule has 0 saturated heterocycles. The average Bonchev–Trinajstić information content (AvgIpc) is 2.75. The maximum absolute atomic E-state index is 13.5. The van der Waals surface area contributed by atoms with Crippen LogP contribution in [0, 0.1) is 24.1 Å². The van der Waals surface area contributed by atoms with E-state index < -0.39 is 5.91 Å². The van der Waals surface area contributed by atoms with Crippen molar-refractivity contribution in [3.8, 4) is 11.8 Å². The first-order chi connectivity index (χ1) is 14.9. The second-order valence-electron chi connectivity index (χ2n) is 6.93. The number of amides is 1. The van der Waals surface area contributed by atoms with E-state index in [1.165, 1.54) is 25.3 Å². The quantitative estimate of drug-likeness (QED) is 0.386.